The van der Waals surface area contributed by atoms with Crippen LogP contribution >= 0.6 is 0 Å². The summed E-state index contributed by atoms with van der Waals surface area (Å²) in [5.74, 6) is 0. The molecule has 0 radical (unpaired) electrons. The van der Waals surface area contributed by atoms with Crippen LogP contribution in [0.25, 0.3) is 0 Å². The standard InChI is InChI=1S/C12H18N2O2/c1-4-10-9-11(13(5-2)6-3)7-8-12(10)14(15)16/h7-9H,4-6H2,1-3H3. The molecule has 0 amide bonds. The van der Waals surface area contributed by atoms with Crippen LogP contribution in [0, 0.1) is 10.1 Å². The molecule has 1 aromatic carbocycles. The number of anilines is 1. The van der Waals surface area contributed by atoms with Crippen LogP contribution in [0.1, 0.15) is 26.3 Å². The fraction of sp³-hybridized carbons (Fsp3) is 0.500. The molecule has 0 aromatic heterocycles. The summed E-state index contributed by atoms with van der Waals surface area (Å²) in [5.41, 5.74) is 2.08. The molecule has 88 valence electrons. The molecule has 0 unspecified atom stereocenters. The maximum Gasteiger partial charge on any atom is 0.272 e. The molecule has 0 bridgehead atoms. The Morgan fingerprint density at radius 1 is 1.25 bits per heavy atom. The molecule has 0 saturated heterocycles. The summed E-state index contributed by atoms with van der Waals surface area (Å²) in [7, 11) is 0. The number of nitrogens with zero attached hydrogens (tertiary/aromatic N) is 2. The highest BCUT2D eigenvalue weighted by Gasteiger charge is 2.13. The first kappa shape index (κ1) is 12.5. The Kier molecular flexibility index (Phi) is 4.28. The van der Waals surface area contributed by atoms with E-state index in [2.05, 4.69) is 18.7 Å². The Balaban J connectivity index is 3.12. The largest absolute Gasteiger partial charge is 0.372 e. The van der Waals surface area contributed by atoms with Gasteiger partial charge in [0.1, 0.15) is 0 Å². The van der Waals surface area contributed by atoms with Crippen molar-refractivity contribution in [3.8, 4) is 0 Å². The summed E-state index contributed by atoms with van der Waals surface area (Å²) in [4.78, 5) is 12.7. The van der Waals surface area contributed by atoms with E-state index >= 15 is 0 Å². The maximum atomic E-state index is 10.8. The minimum absolute atomic E-state index is 0.221. The van der Waals surface area contributed by atoms with Crippen molar-refractivity contribution in [3.05, 3.63) is 33.9 Å². The number of aryl methyl sites for hydroxylation is 1. The molecular formula is C12H18N2O2. The van der Waals surface area contributed by atoms with Crippen LogP contribution < -0.4 is 4.90 Å². The van der Waals surface area contributed by atoms with Gasteiger partial charge in [-0.3, -0.25) is 10.1 Å². The zero-order valence-electron chi connectivity index (χ0n) is 10.1. The molecule has 0 fully saturated rings. The summed E-state index contributed by atoms with van der Waals surface area (Å²) < 4.78 is 0. The number of nitro benzene ring substituents is 1. The molecule has 0 spiro atoms. The number of hydrogen-bond donors (Lipinski definition) is 0. The predicted octanol–water partition coefficient (Wildman–Crippen LogP) is 3.00. The quantitative estimate of drug-likeness (QED) is 0.568. The lowest BCUT2D eigenvalue weighted by Gasteiger charge is -2.21. The molecule has 0 aliphatic rings. The topological polar surface area (TPSA) is 46.4 Å². The molecule has 1 rings (SSSR count). The third-order valence-electron chi connectivity index (χ3n) is 2.77. The summed E-state index contributed by atoms with van der Waals surface area (Å²) in [5, 5.41) is 10.8. The van der Waals surface area contributed by atoms with Gasteiger partial charge < -0.3 is 4.90 Å². The highest BCUT2D eigenvalue weighted by Crippen LogP contribution is 2.25. The first-order valence-corrected chi connectivity index (χ1v) is 5.66. The van der Waals surface area contributed by atoms with Gasteiger partial charge in [0, 0.05) is 30.4 Å². The average Bonchev–Trinajstić information content (AvgIpc) is 2.30. The second-order valence-corrected chi connectivity index (χ2v) is 3.60. The molecule has 0 N–H and O–H groups in total. The summed E-state index contributed by atoms with van der Waals surface area (Å²) >= 11 is 0. The third kappa shape index (κ3) is 2.51. The van der Waals surface area contributed by atoms with Crippen LogP contribution in [0.5, 0.6) is 0 Å². The van der Waals surface area contributed by atoms with Gasteiger partial charge in [-0.05, 0) is 32.4 Å². The van der Waals surface area contributed by atoms with E-state index in [9.17, 15) is 10.1 Å². The molecule has 0 heterocycles. The van der Waals surface area contributed by atoms with Crippen molar-refractivity contribution in [2.45, 2.75) is 27.2 Å². The van der Waals surface area contributed by atoms with E-state index in [1.807, 2.05) is 19.1 Å². The van der Waals surface area contributed by atoms with Gasteiger partial charge in [-0.2, -0.15) is 0 Å². The number of rotatable bonds is 5. The predicted molar refractivity (Wildman–Crippen MR) is 66.0 cm³/mol. The van der Waals surface area contributed by atoms with Crippen molar-refractivity contribution in [2.24, 2.45) is 0 Å². The molecule has 0 aliphatic carbocycles. The van der Waals surface area contributed by atoms with E-state index in [0.29, 0.717) is 6.42 Å². The molecule has 0 saturated carbocycles. The van der Waals surface area contributed by atoms with Gasteiger partial charge in [-0.1, -0.05) is 6.92 Å². The van der Waals surface area contributed by atoms with Gasteiger partial charge in [0.2, 0.25) is 0 Å². The normalized spacial score (nSPS) is 10.2. The van der Waals surface area contributed by atoms with Crippen LogP contribution in [-0.4, -0.2) is 18.0 Å². The Morgan fingerprint density at radius 3 is 2.31 bits per heavy atom. The zero-order chi connectivity index (χ0) is 12.1. The zero-order valence-corrected chi connectivity index (χ0v) is 10.1. The smallest absolute Gasteiger partial charge is 0.272 e. The summed E-state index contributed by atoms with van der Waals surface area (Å²) in [6.07, 6.45) is 0.686. The fourth-order valence-electron chi connectivity index (χ4n) is 1.82. The van der Waals surface area contributed by atoms with Gasteiger partial charge >= 0.3 is 0 Å². The van der Waals surface area contributed by atoms with Gasteiger partial charge in [0.15, 0.2) is 0 Å². The Labute approximate surface area is 96.0 Å². The van der Waals surface area contributed by atoms with E-state index in [0.717, 1.165) is 24.3 Å². The molecule has 1 aromatic rings. The fourth-order valence-corrected chi connectivity index (χ4v) is 1.82. The average molecular weight is 222 g/mol. The molecule has 4 heteroatoms. The van der Waals surface area contributed by atoms with Crippen molar-refractivity contribution >= 4 is 11.4 Å². The van der Waals surface area contributed by atoms with E-state index in [-0.39, 0.29) is 10.6 Å². The van der Waals surface area contributed by atoms with Crippen molar-refractivity contribution in [1.29, 1.82) is 0 Å². The molecular weight excluding hydrogens is 204 g/mol. The minimum atomic E-state index is -0.315. The summed E-state index contributed by atoms with van der Waals surface area (Å²) in [6, 6.07) is 5.35. The molecule has 0 aliphatic heterocycles. The van der Waals surface area contributed by atoms with Crippen LogP contribution in [0.15, 0.2) is 18.2 Å². The van der Waals surface area contributed by atoms with Gasteiger partial charge in [-0.15, -0.1) is 0 Å². The monoisotopic (exact) mass is 222 g/mol. The van der Waals surface area contributed by atoms with Crippen LogP contribution in [-0.2, 0) is 6.42 Å². The van der Waals surface area contributed by atoms with E-state index in [1.54, 1.807) is 6.07 Å². The lowest BCUT2D eigenvalue weighted by molar-refractivity contribution is -0.385. The lowest BCUT2D eigenvalue weighted by Crippen LogP contribution is -2.21. The highest BCUT2D eigenvalue weighted by atomic mass is 16.6. The molecule has 16 heavy (non-hydrogen) atoms. The number of hydrogen-bond acceptors (Lipinski definition) is 3. The van der Waals surface area contributed by atoms with Crippen LogP contribution in [0.4, 0.5) is 11.4 Å². The SMILES string of the molecule is CCc1cc(N(CC)CC)ccc1[N+](=O)[O-]. The van der Waals surface area contributed by atoms with Crippen molar-refractivity contribution in [3.63, 3.8) is 0 Å². The third-order valence-corrected chi connectivity index (χ3v) is 2.77. The van der Waals surface area contributed by atoms with Crippen LogP contribution in [0.3, 0.4) is 0 Å². The number of nitro groups is 1. The second kappa shape index (κ2) is 5.49. The number of benzene rings is 1. The van der Waals surface area contributed by atoms with Crippen LogP contribution in [0.2, 0.25) is 0 Å². The second-order valence-electron chi connectivity index (χ2n) is 3.60. The van der Waals surface area contributed by atoms with E-state index < -0.39 is 0 Å². The van der Waals surface area contributed by atoms with Crippen molar-refractivity contribution in [2.75, 3.05) is 18.0 Å². The van der Waals surface area contributed by atoms with Gasteiger partial charge in [0.25, 0.3) is 5.69 Å². The molecule has 4 nitrogen and oxygen atoms in total. The lowest BCUT2D eigenvalue weighted by atomic mass is 10.1. The highest BCUT2D eigenvalue weighted by molar-refractivity contribution is 5.55. The van der Waals surface area contributed by atoms with Crippen molar-refractivity contribution < 1.29 is 4.92 Å². The Morgan fingerprint density at radius 2 is 1.88 bits per heavy atom. The Bertz CT molecular complexity index is 373. The Hall–Kier alpha value is -1.58. The summed E-state index contributed by atoms with van der Waals surface area (Å²) in [6.45, 7) is 7.93. The van der Waals surface area contributed by atoms with Gasteiger partial charge in [-0.25, -0.2) is 0 Å². The minimum Gasteiger partial charge on any atom is -0.372 e. The maximum absolute atomic E-state index is 10.8. The first-order chi connectivity index (χ1) is 7.63. The van der Waals surface area contributed by atoms with E-state index in [4.69, 9.17) is 0 Å². The molecule has 0 atom stereocenters. The van der Waals surface area contributed by atoms with Crippen molar-refractivity contribution in [1.82, 2.24) is 0 Å². The first-order valence-electron chi connectivity index (χ1n) is 5.66. The van der Waals surface area contributed by atoms with E-state index in [1.165, 1.54) is 0 Å². The van der Waals surface area contributed by atoms with Gasteiger partial charge in [0.05, 0.1) is 4.92 Å².